The Balaban J connectivity index is 1.80. The van der Waals surface area contributed by atoms with Gasteiger partial charge in [-0.1, -0.05) is 24.3 Å². The number of likely N-dealkylation sites (tertiary alicyclic amines) is 1. The number of pyridine rings is 1. The highest BCUT2D eigenvalue weighted by Crippen LogP contribution is 2.30. The van der Waals surface area contributed by atoms with Crippen LogP contribution < -0.4 is 5.32 Å². The lowest BCUT2D eigenvalue weighted by molar-refractivity contribution is -0.134. The maximum Gasteiger partial charge on any atom is 0.252 e. The number of hydrogen-bond donors (Lipinski definition) is 1. The molecule has 2 heterocycles. The lowest BCUT2D eigenvalue weighted by Crippen LogP contribution is -2.45. The van der Waals surface area contributed by atoms with E-state index in [1.54, 1.807) is 13.3 Å². The third kappa shape index (κ3) is 5.41. The van der Waals surface area contributed by atoms with E-state index in [9.17, 15) is 9.59 Å². The summed E-state index contributed by atoms with van der Waals surface area (Å²) in [5.74, 6) is 0.0984. The maximum absolute atomic E-state index is 13.0. The molecule has 1 aliphatic heterocycles. The summed E-state index contributed by atoms with van der Waals surface area (Å²) < 4.78 is 5.05. The van der Waals surface area contributed by atoms with E-state index in [1.807, 2.05) is 54.3 Å². The zero-order valence-corrected chi connectivity index (χ0v) is 17.1. The molecule has 1 saturated heterocycles. The highest BCUT2D eigenvalue weighted by molar-refractivity contribution is 5.95. The number of amides is 2. The van der Waals surface area contributed by atoms with Crippen molar-refractivity contribution in [2.24, 2.45) is 5.92 Å². The largest absolute Gasteiger partial charge is 0.384 e. The first-order chi connectivity index (χ1) is 14.1. The van der Waals surface area contributed by atoms with Gasteiger partial charge in [-0.15, -0.1) is 0 Å². The van der Waals surface area contributed by atoms with Crippen molar-refractivity contribution in [1.82, 2.24) is 15.2 Å². The Kier molecular flexibility index (Phi) is 7.36. The number of nitrogens with zero attached hydrogens (tertiary/aromatic N) is 2. The Morgan fingerprint density at radius 3 is 2.76 bits per heavy atom. The second-order valence-corrected chi connectivity index (χ2v) is 7.51. The van der Waals surface area contributed by atoms with E-state index in [0.717, 1.165) is 30.6 Å². The number of piperidine rings is 1. The number of methoxy groups -OCH3 is 1. The number of benzene rings is 1. The molecule has 0 radical (unpaired) electrons. The van der Waals surface area contributed by atoms with Crippen LogP contribution in [0.4, 0.5) is 0 Å². The molecular weight excluding hydrogens is 366 g/mol. The van der Waals surface area contributed by atoms with Crippen LogP contribution in [-0.4, -0.2) is 48.5 Å². The summed E-state index contributed by atoms with van der Waals surface area (Å²) in [6.45, 7) is 3.72. The van der Waals surface area contributed by atoms with Crippen molar-refractivity contribution in [2.75, 3.05) is 26.8 Å². The van der Waals surface area contributed by atoms with Crippen LogP contribution >= 0.6 is 0 Å². The Morgan fingerprint density at radius 2 is 2.03 bits per heavy atom. The van der Waals surface area contributed by atoms with Gasteiger partial charge < -0.3 is 15.0 Å². The number of carbonyl (C=O) groups is 2. The highest BCUT2D eigenvalue weighted by Gasteiger charge is 2.32. The fourth-order valence-corrected chi connectivity index (χ4v) is 3.90. The highest BCUT2D eigenvalue weighted by atomic mass is 16.5. The van der Waals surface area contributed by atoms with Crippen molar-refractivity contribution in [3.05, 3.63) is 65.5 Å². The molecule has 0 unspecified atom stereocenters. The van der Waals surface area contributed by atoms with E-state index in [0.29, 0.717) is 25.1 Å². The van der Waals surface area contributed by atoms with Crippen LogP contribution in [0.25, 0.3) is 0 Å². The van der Waals surface area contributed by atoms with Crippen molar-refractivity contribution in [2.45, 2.75) is 32.2 Å². The molecule has 2 atom stereocenters. The predicted molar refractivity (Wildman–Crippen MR) is 111 cm³/mol. The standard InChI is InChI=1S/C23H29N3O3/c1-17-8-3-4-10-19(17)23(28)25-22(20-11-5-6-13-24-20)18-9-7-14-26(16-18)21(27)12-15-29-2/h3-6,8,10-11,13,18,22H,7,9,12,14-16H2,1-2H3,(H,25,28)/t18-,22-/m0/s1. The van der Waals surface area contributed by atoms with E-state index in [1.165, 1.54) is 0 Å². The molecule has 1 fully saturated rings. The van der Waals surface area contributed by atoms with E-state index in [4.69, 9.17) is 4.74 Å². The van der Waals surface area contributed by atoms with Crippen LogP contribution in [0.15, 0.2) is 48.7 Å². The molecule has 6 heteroatoms. The molecular formula is C23H29N3O3. The van der Waals surface area contributed by atoms with Gasteiger partial charge >= 0.3 is 0 Å². The molecule has 1 aromatic heterocycles. The van der Waals surface area contributed by atoms with Gasteiger partial charge in [0.1, 0.15) is 0 Å². The van der Waals surface area contributed by atoms with Crippen LogP contribution in [-0.2, 0) is 9.53 Å². The zero-order valence-electron chi connectivity index (χ0n) is 17.1. The Labute approximate surface area is 172 Å². The van der Waals surface area contributed by atoms with Gasteiger partial charge in [-0.05, 0) is 43.5 Å². The van der Waals surface area contributed by atoms with Gasteiger partial charge in [0.05, 0.1) is 24.8 Å². The van der Waals surface area contributed by atoms with Crippen molar-refractivity contribution in [3.8, 4) is 0 Å². The summed E-state index contributed by atoms with van der Waals surface area (Å²) in [5, 5.41) is 3.20. The average Bonchev–Trinajstić information content (AvgIpc) is 2.76. The maximum atomic E-state index is 13.0. The Morgan fingerprint density at radius 1 is 1.24 bits per heavy atom. The quantitative estimate of drug-likeness (QED) is 0.782. The van der Waals surface area contributed by atoms with Gasteiger partial charge in [0.2, 0.25) is 5.91 Å². The second kappa shape index (κ2) is 10.2. The molecule has 1 N–H and O–H groups in total. The fraction of sp³-hybridized carbons (Fsp3) is 0.435. The molecule has 0 saturated carbocycles. The number of hydrogen-bond acceptors (Lipinski definition) is 4. The zero-order chi connectivity index (χ0) is 20.6. The number of aromatic nitrogens is 1. The first-order valence-corrected chi connectivity index (χ1v) is 10.1. The van der Waals surface area contributed by atoms with Gasteiger partial charge in [-0.3, -0.25) is 14.6 Å². The first-order valence-electron chi connectivity index (χ1n) is 10.1. The summed E-state index contributed by atoms with van der Waals surface area (Å²) in [4.78, 5) is 31.9. The van der Waals surface area contributed by atoms with Crippen LogP contribution in [0.3, 0.4) is 0 Å². The molecule has 6 nitrogen and oxygen atoms in total. The van der Waals surface area contributed by atoms with Crippen molar-refractivity contribution in [3.63, 3.8) is 0 Å². The molecule has 154 valence electrons. The Bertz CT molecular complexity index is 825. The minimum absolute atomic E-state index is 0.0987. The number of rotatable bonds is 7. The van der Waals surface area contributed by atoms with Crippen LogP contribution in [0.5, 0.6) is 0 Å². The first kappa shape index (κ1) is 21.0. The average molecular weight is 396 g/mol. The summed E-state index contributed by atoms with van der Waals surface area (Å²) in [6.07, 6.45) is 3.97. The number of nitrogens with one attached hydrogen (secondary N) is 1. The van der Waals surface area contributed by atoms with Crippen molar-refractivity contribution >= 4 is 11.8 Å². The molecule has 0 bridgehead atoms. The summed E-state index contributed by atoms with van der Waals surface area (Å²) in [7, 11) is 1.60. The minimum atomic E-state index is -0.249. The molecule has 0 spiro atoms. The lowest BCUT2D eigenvalue weighted by atomic mass is 9.88. The minimum Gasteiger partial charge on any atom is -0.384 e. The summed E-state index contributed by atoms with van der Waals surface area (Å²) >= 11 is 0. The molecule has 1 aromatic carbocycles. The molecule has 2 amide bonds. The number of ether oxygens (including phenoxy) is 1. The SMILES string of the molecule is COCCC(=O)N1CCC[C@H]([C@H](NC(=O)c2ccccc2C)c2ccccn2)C1. The van der Waals surface area contributed by atoms with Crippen LogP contribution in [0.2, 0.25) is 0 Å². The number of aryl methyl sites for hydroxylation is 1. The number of carbonyl (C=O) groups excluding carboxylic acids is 2. The second-order valence-electron chi connectivity index (χ2n) is 7.51. The van der Waals surface area contributed by atoms with Gasteiger partial charge in [-0.2, -0.15) is 0 Å². The van der Waals surface area contributed by atoms with Gasteiger partial charge in [-0.25, -0.2) is 0 Å². The smallest absolute Gasteiger partial charge is 0.252 e. The van der Waals surface area contributed by atoms with Crippen LogP contribution in [0, 0.1) is 12.8 Å². The third-order valence-electron chi connectivity index (χ3n) is 5.48. The summed E-state index contributed by atoms with van der Waals surface area (Å²) in [6, 6.07) is 13.0. The Hall–Kier alpha value is -2.73. The molecule has 29 heavy (non-hydrogen) atoms. The molecule has 2 aromatic rings. The monoisotopic (exact) mass is 395 g/mol. The van der Waals surface area contributed by atoms with E-state index >= 15 is 0 Å². The fourth-order valence-electron chi connectivity index (χ4n) is 3.90. The lowest BCUT2D eigenvalue weighted by Gasteiger charge is -2.37. The predicted octanol–water partition coefficient (Wildman–Crippen LogP) is 3.14. The molecule has 0 aliphatic carbocycles. The normalized spacial score (nSPS) is 17.6. The van der Waals surface area contributed by atoms with Crippen molar-refractivity contribution in [1.29, 1.82) is 0 Å². The summed E-state index contributed by atoms with van der Waals surface area (Å²) in [5.41, 5.74) is 2.42. The van der Waals surface area contributed by atoms with Gasteiger partial charge in [0, 0.05) is 37.9 Å². The molecule has 1 aliphatic rings. The van der Waals surface area contributed by atoms with E-state index in [-0.39, 0.29) is 23.8 Å². The van der Waals surface area contributed by atoms with Gasteiger partial charge in [0.25, 0.3) is 5.91 Å². The van der Waals surface area contributed by atoms with Crippen molar-refractivity contribution < 1.29 is 14.3 Å². The van der Waals surface area contributed by atoms with E-state index in [2.05, 4.69) is 10.3 Å². The van der Waals surface area contributed by atoms with Crippen LogP contribution in [0.1, 0.15) is 46.9 Å². The van der Waals surface area contributed by atoms with E-state index < -0.39 is 0 Å². The van der Waals surface area contributed by atoms with Gasteiger partial charge in [0.15, 0.2) is 0 Å². The third-order valence-corrected chi connectivity index (χ3v) is 5.48. The molecule has 3 rings (SSSR count). The topological polar surface area (TPSA) is 71.5 Å².